The molecule has 0 spiro atoms. The van der Waals surface area contributed by atoms with Crippen molar-refractivity contribution in [3.63, 3.8) is 0 Å². The third-order valence-corrected chi connectivity index (χ3v) is 7.29. The molecular weight excluding hydrogens is 368 g/mol. The van der Waals surface area contributed by atoms with Crippen molar-refractivity contribution in [3.8, 4) is 0 Å². The number of rotatable bonds is 6. The van der Waals surface area contributed by atoms with Gasteiger partial charge in [0.15, 0.2) is 19.7 Å². The molecule has 0 fully saturated rings. The van der Waals surface area contributed by atoms with Gasteiger partial charge in [0.05, 0.1) is 21.3 Å². The van der Waals surface area contributed by atoms with Gasteiger partial charge >= 0.3 is 0 Å². The first-order chi connectivity index (χ1) is 12.4. The summed E-state index contributed by atoms with van der Waals surface area (Å²) in [6.07, 6.45) is 0. The van der Waals surface area contributed by atoms with Gasteiger partial charge in [-0.1, -0.05) is 66.7 Å². The largest absolute Gasteiger partial charge is 0.223 e. The van der Waals surface area contributed by atoms with Gasteiger partial charge in [-0.05, 0) is 29.3 Å². The normalized spacial score (nSPS) is 12.0. The quantitative estimate of drug-likeness (QED) is 0.649. The minimum absolute atomic E-state index is 0.00971. The maximum absolute atomic E-state index is 12.6. The second-order valence-electron chi connectivity index (χ2n) is 5.96. The fraction of sp³-hybridized carbons (Fsp3) is 0.100. The summed E-state index contributed by atoms with van der Waals surface area (Å²) in [6.45, 7) is 0. The monoisotopic (exact) mass is 386 g/mol. The highest BCUT2D eigenvalue weighted by Gasteiger charge is 2.20. The van der Waals surface area contributed by atoms with Crippen molar-refractivity contribution < 1.29 is 16.8 Å². The molecule has 0 atom stereocenters. The Labute approximate surface area is 154 Å². The first-order valence-electron chi connectivity index (χ1n) is 8.00. The molecule has 0 radical (unpaired) electrons. The molecule has 134 valence electrons. The Hall–Kier alpha value is -2.44. The fourth-order valence-electron chi connectivity index (χ4n) is 2.62. The zero-order chi connectivity index (χ0) is 18.6. The molecule has 0 bridgehead atoms. The Kier molecular flexibility index (Phi) is 5.25. The number of sulfone groups is 2. The molecule has 0 aliphatic heterocycles. The summed E-state index contributed by atoms with van der Waals surface area (Å²) in [5.74, 6) is -0.341. The Balaban J connectivity index is 1.90. The molecular formula is C20H18O4S2. The number of hydrogen-bond acceptors (Lipinski definition) is 4. The van der Waals surface area contributed by atoms with E-state index in [1.165, 1.54) is 24.3 Å². The summed E-state index contributed by atoms with van der Waals surface area (Å²) in [5.41, 5.74) is 1.31. The Morgan fingerprint density at radius 3 is 1.27 bits per heavy atom. The maximum atomic E-state index is 12.6. The number of hydrogen-bond donors (Lipinski definition) is 0. The van der Waals surface area contributed by atoms with Crippen molar-refractivity contribution in [2.24, 2.45) is 0 Å². The van der Waals surface area contributed by atoms with Crippen LogP contribution in [0.25, 0.3) is 0 Å². The van der Waals surface area contributed by atoms with Gasteiger partial charge < -0.3 is 0 Å². The Bertz CT molecular complexity index is 1000. The molecule has 0 amide bonds. The lowest BCUT2D eigenvalue weighted by Crippen LogP contribution is -2.08. The zero-order valence-corrected chi connectivity index (χ0v) is 15.6. The minimum Gasteiger partial charge on any atom is -0.223 e. The lowest BCUT2D eigenvalue weighted by molar-refractivity contribution is 0.593. The Morgan fingerprint density at radius 1 is 0.500 bits per heavy atom. The topological polar surface area (TPSA) is 68.3 Å². The van der Waals surface area contributed by atoms with E-state index in [-0.39, 0.29) is 21.3 Å². The first kappa shape index (κ1) is 18.4. The second-order valence-corrected chi connectivity index (χ2v) is 9.94. The smallest absolute Gasteiger partial charge is 0.182 e. The summed E-state index contributed by atoms with van der Waals surface area (Å²) in [7, 11) is -7.27. The van der Waals surface area contributed by atoms with Gasteiger partial charge in [-0.2, -0.15) is 0 Å². The van der Waals surface area contributed by atoms with Crippen molar-refractivity contribution in [1.82, 2.24) is 0 Å². The first-order valence-corrected chi connectivity index (χ1v) is 11.3. The van der Waals surface area contributed by atoms with Crippen LogP contribution >= 0.6 is 0 Å². The van der Waals surface area contributed by atoms with E-state index in [4.69, 9.17) is 0 Å². The van der Waals surface area contributed by atoms with Crippen LogP contribution < -0.4 is 0 Å². The minimum atomic E-state index is -3.63. The third-order valence-electron chi connectivity index (χ3n) is 3.92. The van der Waals surface area contributed by atoms with Crippen LogP contribution in [0, 0.1) is 0 Å². The maximum Gasteiger partial charge on any atom is 0.182 e. The molecule has 0 unspecified atom stereocenters. The molecule has 3 rings (SSSR count). The van der Waals surface area contributed by atoms with Crippen LogP contribution in [0.1, 0.15) is 11.1 Å². The van der Waals surface area contributed by atoms with Crippen LogP contribution in [0.4, 0.5) is 0 Å². The molecule has 3 aromatic carbocycles. The van der Waals surface area contributed by atoms with Gasteiger partial charge in [0.1, 0.15) is 0 Å². The Morgan fingerprint density at radius 2 is 0.885 bits per heavy atom. The SMILES string of the molecule is O=S(=O)(Cc1ccccc1)c1cccc(S(=O)(=O)Cc2ccccc2)c1. The van der Waals surface area contributed by atoms with E-state index in [1.54, 1.807) is 48.5 Å². The second kappa shape index (κ2) is 7.43. The van der Waals surface area contributed by atoms with Crippen LogP contribution in [-0.4, -0.2) is 16.8 Å². The molecule has 0 saturated carbocycles. The van der Waals surface area contributed by atoms with Gasteiger partial charge in [0.25, 0.3) is 0 Å². The lowest BCUT2D eigenvalue weighted by Gasteiger charge is -2.08. The summed E-state index contributed by atoms with van der Waals surface area (Å²) in [5, 5.41) is 0. The lowest BCUT2D eigenvalue weighted by atomic mass is 10.2. The van der Waals surface area contributed by atoms with Crippen LogP contribution in [0.15, 0.2) is 94.7 Å². The van der Waals surface area contributed by atoms with Crippen molar-refractivity contribution >= 4 is 19.7 Å². The molecule has 0 aliphatic carbocycles. The van der Waals surface area contributed by atoms with E-state index < -0.39 is 19.7 Å². The van der Waals surface area contributed by atoms with Crippen LogP contribution in [0.5, 0.6) is 0 Å². The molecule has 0 N–H and O–H groups in total. The summed E-state index contributed by atoms with van der Waals surface area (Å²) in [4.78, 5) is 0.0194. The van der Waals surface area contributed by atoms with Crippen molar-refractivity contribution in [2.45, 2.75) is 21.3 Å². The van der Waals surface area contributed by atoms with E-state index in [9.17, 15) is 16.8 Å². The third kappa shape index (κ3) is 4.39. The standard InChI is InChI=1S/C20H18O4S2/c21-25(22,15-17-8-3-1-4-9-17)19-12-7-13-20(14-19)26(23,24)16-18-10-5-2-6-11-18/h1-14H,15-16H2. The molecule has 0 aromatic heterocycles. The van der Waals surface area contributed by atoms with Crippen molar-refractivity contribution in [3.05, 3.63) is 96.1 Å². The van der Waals surface area contributed by atoms with E-state index in [2.05, 4.69) is 0 Å². The summed E-state index contributed by atoms with van der Waals surface area (Å²) < 4.78 is 50.6. The molecule has 4 nitrogen and oxygen atoms in total. The van der Waals surface area contributed by atoms with Crippen LogP contribution in [0.2, 0.25) is 0 Å². The highest BCUT2D eigenvalue weighted by Crippen LogP contribution is 2.22. The highest BCUT2D eigenvalue weighted by atomic mass is 32.2. The highest BCUT2D eigenvalue weighted by molar-refractivity contribution is 7.91. The van der Waals surface area contributed by atoms with E-state index >= 15 is 0 Å². The molecule has 6 heteroatoms. The molecule has 3 aromatic rings. The van der Waals surface area contributed by atoms with Crippen LogP contribution in [0.3, 0.4) is 0 Å². The van der Waals surface area contributed by atoms with Gasteiger partial charge in [0.2, 0.25) is 0 Å². The van der Waals surface area contributed by atoms with E-state index in [0.29, 0.717) is 11.1 Å². The van der Waals surface area contributed by atoms with Gasteiger partial charge in [-0.15, -0.1) is 0 Å². The zero-order valence-electron chi connectivity index (χ0n) is 13.9. The molecule has 0 saturated heterocycles. The van der Waals surface area contributed by atoms with E-state index in [0.717, 1.165) is 0 Å². The van der Waals surface area contributed by atoms with Crippen molar-refractivity contribution in [2.75, 3.05) is 0 Å². The molecule has 0 aliphatic rings. The average molecular weight is 386 g/mol. The predicted octanol–water partition coefficient (Wildman–Crippen LogP) is 3.63. The average Bonchev–Trinajstić information content (AvgIpc) is 2.63. The van der Waals surface area contributed by atoms with E-state index in [1.807, 2.05) is 12.1 Å². The predicted molar refractivity (Wildman–Crippen MR) is 101 cm³/mol. The number of benzene rings is 3. The summed E-state index contributed by atoms with van der Waals surface area (Å²) in [6, 6.07) is 23.2. The van der Waals surface area contributed by atoms with Crippen LogP contribution in [-0.2, 0) is 31.2 Å². The van der Waals surface area contributed by atoms with Crippen molar-refractivity contribution in [1.29, 1.82) is 0 Å². The molecule has 0 heterocycles. The molecule has 26 heavy (non-hydrogen) atoms. The van der Waals surface area contributed by atoms with Gasteiger partial charge in [-0.3, -0.25) is 0 Å². The van der Waals surface area contributed by atoms with Gasteiger partial charge in [0, 0.05) is 0 Å². The fourth-order valence-corrected chi connectivity index (χ4v) is 5.47. The van der Waals surface area contributed by atoms with Gasteiger partial charge in [-0.25, -0.2) is 16.8 Å². The summed E-state index contributed by atoms with van der Waals surface area (Å²) >= 11 is 0.